The molecule has 0 aliphatic rings. The summed E-state index contributed by atoms with van der Waals surface area (Å²) >= 11 is 8.61. The van der Waals surface area contributed by atoms with E-state index in [2.05, 4.69) is 20.5 Å². The van der Waals surface area contributed by atoms with Crippen molar-refractivity contribution in [2.75, 3.05) is 5.32 Å². The number of halogens is 2. The number of nitrogens with zero attached hydrogens (tertiary/aromatic N) is 4. The zero-order chi connectivity index (χ0) is 18.8. The van der Waals surface area contributed by atoms with Crippen LogP contribution in [-0.2, 0) is 5.75 Å². The van der Waals surface area contributed by atoms with E-state index in [1.54, 1.807) is 30.3 Å². The normalized spacial score (nSPS) is 11.0. The molecular weight excluding hydrogens is 409 g/mol. The molecular formula is C17H11ClFN5OS2. The lowest BCUT2D eigenvalue weighted by atomic mass is 10.3. The van der Waals surface area contributed by atoms with Crippen LogP contribution in [0.3, 0.4) is 0 Å². The molecule has 3 aromatic heterocycles. The van der Waals surface area contributed by atoms with Gasteiger partial charge in [0.25, 0.3) is 5.56 Å². The summed E-state index contributed by atoms with van der Waals surface area (Å²) in [6, 6.07) is 11.2. The molecule has 0 saturated carbocycles. The van der Waals surface area contributed by atoms with E-state index < -0.39 is 0 Å². The highest BCUT2D eigenvalue weighted by Gasteiger charge is 2.09. The number of aromatic nitrogens is 4. The van der Waals surface area contributed by atoms with Crippen LogP contribution < -0.4 is 10.9 Å². The van der Waals surface area contributed by atoms with Gasteiger partial charge in [-0.25, -0.2) is 9.37 Å². The fourth-order valence-corrected chi connectivity index (χ4v) is 4.15. The SMILES string of the molecule is O=c1cc(CSc2nnc(Nc3ccccc3F)s2)nc2ccc(Cl)cn12. The number of nitrogens with one attached hydrogen (secondary N) is 1. The third-order valence-electron chi connectivity index (χ3n) is 3.54. The lowest BCUT2D eigenvalue weighted by Crippen LogP contribution is -2.14. The average molecular weight is 420 g/mol. The van der Waals surface area contributed by atoms with Crippen molar-refractivity contribution in [3.8, 4) is 0 Å². The van der Waals surface area contributed by atoms with Crippen LogP contribution in [0.15, 0.2) is 57.8 Å². The third-order valence-corrected chi connectivity index (χ3v) is 5.77. The number of anilines is 2. The first-order valence-corrected chi connectivity index (χ1v) is 9.92. The van der Waals surface area contributed by atoms with Gasteiger partial charge in [0.15, 0.2) is 4.34 Å². The minimum Gasteiger partial charge on any atom is -0.328 e. The van der Waals surface area contributed by atoms with E-state index in [-0.39, 0.29) is 11.4 Å². The van der Waals surface area contributed by atoms with E-state index in [9.17, 15) is 9.18 Å². The largest absolute Gasteiger partial charge is 0.328 e. The summed E-state index contributed by atoms with van der Waals surface area (Å²) in [5.41, 5.74) is 1.30. The minimum absolute atomic E-state index is 0.197. The van der Waals surface area contributed by atoms with Crippen molar-refractivity contribution in [3.05, 3.63) is 75.5 Å². The Bertz CT molecular complexity index is 1180. The number of fused-ring (bicyclic) bond motifs is 1. The molecule has 1 aromatic carbocycles. The molecule has 136 valence electrons. The van der Waals surface area contributed by atoms with Crippen molar-refractivity contribution in [2.45, 2.75) is 10.1 Å². The first-order chi connectivity index (χ1) is 13.1. The number of para-hydroxylation sites is 1. The summed E-state index contributed by atoms with van der Waals surface area (Å²) in [5, 5.41) is 11.9. The number of hydrogen-bond donors (Lipinski definition) is 1. The Balaban J connectivity index is 1.47. The van der Waals surface area contributed by atoms with E-state index >= 15 is 0 Å². The first-order valence-electron chi connectivity index (χ1n) is 7.74. The van der Waals surface area contributed by atoms with Gasteiger partial charge in [0.05, 0.1) is 16.4 Å². The number of pyridine rings is 1. The number of hydrogen-bond acceptors (Lipinski definition) is 7. The van der Waals surface area contributed by atoms with Crippen LogP contribution in [0.4, 0.5) is 15.2 Å². The number of rotatable bonds is 5. The molecule has 0 radical (unpaired) electrons. The second-order valence-corrected chi connectivity index (χ2v) is 8.06. The Labute approximate surface area is 166 Å². The van der Waals surface area contributed by atoms with Crippen molar-refractivity contribution in [1.82, 2.24) is 19.6 Å². The van der Waals surface area contributed by atoms with Crippen LogP contribution in [0.1, 0.15) is 5.69 Å². The molecule has 0 aliphatic carbocycles. The van der Waals surface area contributed by atoms with Gasteiger partial charge in [0.2, 0.25) is 5.13 Å². The van der Waals surface area contributed by atoms with Crippen molar-refractivity contribution >= 4 is 51.2 Å². The van der Waals surface area contributed by atoms with Crippen molar-refractivity contribution in [3.63, 3.8) is 0 Å². The summed E-state index contributed by atoms with van der Waals surface area (Å²) in [6.45, 7) is 0. The molecule has 0 unspecified atom stereocenters. The van der Waals surface area contributed by atoms with Crippen molar-refractivity contribution in [1.29, 1.82) is 0 Å². The maximum absolute atomic E-state index is 13.7. The number of thioether (sulfide) groups is 1. The van der Waals surface area contributed by atoms with Gasteiger partial charge in [-0.1, -0.05) is 46.8 Å². The standard InChI is InChI=1S/C17H11ClFN5OS2/c18-10-5-6-14-20-11(7-15(25)24(14)8-10)9-26-17-23-22-16(27-17)21-13-4-2-1-3-12(13)19/h1-8H,9H2,(H,21,22). The first kappa shape index (κ1) is 17.9. The minimum atomic E-state index is -0.358. The molecule has 6 nitrogen and oxygen atoms in total. The Morgan fingerprint density at radius 2 is 2.07 bits per heavy atom. The van der Waals surface area contributed by atoms with Gasteiger partial charge >= 0.3 is 0 Å². The van der Waals surface area contributed by atoms with Gasteiger partial charge in [-0.3, -0.25) is 9.20 Å². The molecule has 4 aromatic rings. The summed E-state index contributed by atoms with van der Waals surface area (Å²) in [7, 11) is 0. The molecule has 0 amide bonds. The topological polar surface area (TPSA) is 72.2 Å². The van der Waals surface area contributed by atoms with E-state index in [1.807, 2.05) is 0 Å². The molecule has 10 heteroatoms. The molecule has 1 N–H and O–H groups in total. The van der Waals surface area contributed by atoms with Crippen LogP contribution in [0.2, 0.25) is 5.02 Å². The quantitative estimate of drug-likeness (QED) is 0.484. The summed E-state index contributed by atoms with van der Waals surface area (Å²) in [4.78, 5) is 16.6. The van der Waals surface area contributed by atoms with E-state index in [0.29, 0.717) is 37.3 Å². The van der Waals surface area contributed by atoms with Crippen LogP contribution in [0.5, 0.6) is 0 Å². The fourth-order valence-electron chi connectivity index (χ4n) is 2.33. The predicted molar refractivity (Wildman–Crippen MR) is 106 cm³/mol. The molecule has 0 spiro atoms. The lowest BCUT2D eigenvalue weighted by molar-refractivity contribution is 0.632. The number of benzene rings is 1. The van der Waals surface area contributed by atoms with Gasteiger partial charge in [-0.2, -0.15) is 0 Å². The van der Waals surface area contributed by atoms with E-state index in [4.69, 9.17) is 11.6 Å². The Morgan fingerprint density at radius 3 is 2.93 bits per heavy atom. The van der Waals surface area contributed by atoms with E-state index in [0.717, 1.165) is 0 Å². The van der Waals surface area contributed by atoms with Crippen LogP contribution in [0.25, 0.3) is 5.65 Å². The maximum atomic E-state index is 13.7. The molecule has 0 fully saturated rings. The molecule has 4 rings (SSSR count). The van der Waals surface area contributed by atoms with Crippen LogP contribution in [-0.4, -0.2) is 19.6 Å². The summed E-state index contributed by atoms with van der Waals surface area (Å²) in [6.07, 6.45) is 1.54. The monoisotopic (exact) mass is 419 g/mol. The smallest absolute Gasteiger partial charge is 0.258 e. The average Bonchev–Trinajstić information content (AvgIpc) is 3.10. The maximum Gasteiger partial charge on any atom is 0.258 e. The molecule has 0 aliphatic heterocycles. The molecule has 0 atom stereocenters. The van der Waals surface area contributed by atoms with Crippen LogP contribution >= 0.6 is 34.7 Å². The highest BCUT2D eigenvalue weighted by molar-refractivity contribution is 8.00. The summed E-state index contributed by atoms with van der Waals surface area (Å²) in [5.74, 6) is 0.103. The zero-order valence-corrected chi connectivity index (χ0v) is 16.0. The van der Waals surface area contributed by atoms with Crippen molar-refractivity contribution in [2.24, 2.45) is 0 Å². The fraction of sp³-hybridized carbons (Fsp3) is 0.0588. The summed E-state index contributed by atoms with van der Waals surface area (Å²) < 4.78 is 15.8. The molecule has 3 heterocycles. The third kappa shape index (κ3) is 4.10. The van der Waals surface area contributed by atoms with Gasteiger partial charge in [-0.05, 0) is 24.3 Å². The highest BCUT2D eigenvalue weighted by atomic mass is 35.5. The van der Waals surface area contributed by atoms with Gasteiger partial charge in [-0.15, -0.1) is 10.2 Å². The van der Waals surface area contributed by atoms with Gasteiger partial charge < -0.3 is 5.32 Å². The Kier molecular flexibility index (Phi) is 5.06. The predicted octanol–water partition coefficient (Wildman–Crippen LogP) is 4.37. The molecule has 0 saturated heterocycles. The van der Waals surface area contributed by atoms with Crippen LogP contribution in [0, 0.1) is 5.82 Å². The second kappa shape index (κ2) is 7.63. The van der Waals surface area contributed by atoms with Crippen molar-refractivity contribution < 1.29 is 4.39 Å². The lowest BCUT2D eigenvalue weighted by Gasteiger charge is -2.03. The Morgan fingerprint density at radius 1 is 1.22 bits per heavy atom. The molecule has 0 bridgehead atoms. The highest BCUT2D eigenvalue weighted by Crippen LogP contribution is 2.30. The molecule has 27 heavy (non-hydrogen) atoms. The second-order valence-electron chi connectivity index (χ2n) is 5.43. The van der Waals surface area contributed by atoms with E-state index in [1.165, 1.54) is 45.8 Å². The zero-order valence-electron chi connectivity index (χ0n) is 13.6. The Hall–Kier alpha value is -2.49. The van der Waals surface area contributed by atoms with Gasteiger partial charge in [0, 0.05) is 18.0 Å². The van der Waals surface area contributed by atoms with Gasteiger partial charge in [0.1, 0.15) is 11.5 Å².